The Morgan fingerprint density at radius 1 is 1.33 bits per heavy atom. The van der Waals surface area contributed by atoms with Gasteiger partial charge in [-0.3, -0.25) is 9.36 Å². The largest absolute Gasteiger partial charge is 0.328 e. The maximum Gasteiger partial charge on any atom is 0.328 e. The Kier molecular flexibility index (Phi) is 3.04. The van der Waals surface area contributed by atoms with E-state index in [1.165, 1.54) is 12.1 Å². The second-order valence-electron chi connectivity index (χ2n) is 3.62. The summed E-state index contributed by atoms with van der Waals surface area (Å²) in [5.74, 6) is 0. The van der Waals surface area contributed by atoms with Crippen molar-refractivity contribution in [1.82, 2.24) is 9.55 Å². The lowest BCUT2D eigenvalue weighted by molar-refractivity contribution is 0.609. The fourth-order valence-corrected chi connectivity index (χ4v) is 2.45. The van der Waals surface area contributed by atoms with Crippen LogP contribution in [0.3, 0.4) is 0 Å². The molecule has 96 valence electrons. The molecule has 18 heavy (non-hydrogen) atoms. The maximum atomic E-state index is 12.0. The number of rotatable bonds is 2. The molecule has 0 fully saturated rings. The van der Waals surface area contributed by atoms with Gasteiger partial charge in [-0.2, -0.15) is 0 Å². The molecule has 2 aromatic rings. The molecule has 0 atom stereocenters. The lowest BCUT2D eigenvalue weighted by Gasteiger charge is -2.04. The van der Waals surface area contributed by atoms with Crippen molar-refractivity contribution in [2.45, 2.75) is 18.4 Å². The highest BCUT2D eigenvalue weighted by Gasteiger charge is 2.13. The molecule has 0 spiro atoms. The number of hydrogen-bond acceptors (Lipinski definition) is 4. The highest BCUT2D eigenvalue weighted by Crippen LogP contribution is 2.17. The number of benzene rings is 1. The van der Waals surface area contributed by atoms with Crippen LogP contribution in [-0.4, -0.2) is 18.0 Å². The van der Waals surface area contributed by atoms with Crippen LogP contribution in [-0.2, 0) is 15.6 Å². The Morgan fingerprint density at radius 2 is 2.00 bits per heavy atom. The normalized spacial score (nSPS) is 11.9. The van der Waals surface area contributed by atoms with Gasteiger partial charge in [0, 0.05) is 17.2 Å². The summed E-state index contributed by atoms with van der Waals surface area (Å²) in [6, 6.07) is 3.73. The van der Waals surface area contributed by atoms with Crippen molar-refractivity contribution < 1.29 is 8.42 Å². The Balaban J connectivity index is 2.94. The molecular formula is C10H9ClN2O4S. The quantitative estimate of drug-likeness (QED) is 0.821. The zero-order valence-corrected chi connectivity index (χ0v) is 10.9. The number of hydrogen-bond donors (Lipinski definition) is 1. The smallest absolute Gasteiger partial charge is 0.307 e. The van der Waals surface area contributed by atoms with Crippen molar-refractivity contribution in [3.05, 3.63) is 39.0 Å². The van der Waals surface area contributed by atoms with E-state index in [0.29, 0.717) is 0 Å². The Bertz CT molecular complexity index is 835. The molecule has 6 nitrogen and oxygen atoms in total. The number of H-pyrrole nitrogens is 1. The molecule has 1 aromatic carbocycles. The topological polar surface area (TPSA) is 89.0 Å². The summed E-state index contributed by atoms with van der Waals surface area (Å²) in [4.78, 5) is 25.8. The van der Waals surface area contributed by atoms with Crippen LogP contribution in [0, 0.1) is 0 Å². The van der Waals surface area contributed by atoms with Gasteiger partial charge in [-0.05, 0) is 25.1 Å². The predicted octanol–water partition coefficient (Wildman–Crippen LogP) is 0.637. The van der Waals surface area contributed by atoms with Crippen LogP contribution in [0.5, 0.6) is 0 Å². The Hall–Kier alpha value is -1.60. The van der Waals surface area contributed by atoms with E-state index in [0.717, 1.165) is 10.6 Å². The summed E-state index contributed by atoms with van der Waals surface area (Å²) in [6.07, 6.45) is 0. The second-order valence-corrected chi connectivity index (χ2v) is 6.19. The van der Waals surface area contributed by atoms with Crippen molar-refractivity contribution in [1.29, 1.82) is 0 Å². The minimum Gasteiger partial charge on any atom is -0.307 e. The standard InChI is InChI=1S/C10H9ClN2O4S/c1-2-13-9(14)7-5-6(18(11,16)17)3-4-8(7)12-10(13)15/h3-5H,2H2,1H3,(H,12,15). The average molecular weight is 289 g/mol. The van der Waals surface area contributed by atoms with E-state index < -0.39 is 20.3 Å². The van der Waals surface area contributed by atoms with Gasteiger partial charge >= 0.3 is 5.69 Å². The minimum absolute atomic E-state index is 0.109. The second kappa shape index (κ2) is 4.25. The van der Waals surface area contributed by atoms with Gasteiger partial charge in [-0.15, -0.1) is 0 Å². The van der Waals surface area contributed by atoms with Crippen LogP contribution < -0.4 is 11.2 Å². The molecule has 0 saturated heterocycles. The molecule has 0 bridgehead atoms. The number of aromatic nitrogens is 2. The molecule has 0 saturated carbocycles. The first-order valence-electron chi connectivity index (χ1n) is 5.06. The molecule has 1 N–H and O–H groups in total. The van der Waals surface area contributed by atoms with E-state index in [4.69, 9.17) is 10.7 Å². The first-order chi connectivity index (χ1) is 8.34. The highest BCUT2D eigenvalue weighted by atomic mass is 35.7. The molecule has 0 unspecified atom stereocenters. The first kappa shape index (κ1) is 12.8. The molecule has 0 radical (unpaired) electrons. The Morgan fingerprint density at radius 3 is 2.56 bits per heavy atom. The third-order valence-electron chi connectivity index (χ3n) is 2.55. The van der Waals surface area contributed by atoms with Crippen molar-refractivity contribution >= 4 is 30.6 Å². The summed E-state index contributed by atoms with van der Waals surface area (Å²) in [5.41, 5.74) is -0.798. The molecule has 0 aliphatic carbocycles. The van der Waals surface area contributed by atoms with Crippen molar-refractivity contribution in [3.63, 3.8) is 0 Å². The summed E-state index contributed by atoms with van der Waals surface area (Å²) < 4.78 is 23.4. The number of aromatic amines is 1. The van der Waals surface area contributed by atoms with E-state index in [1.54, 1.807) is 6.92 Å². The van der Waals surface area contributed by atoms with E-state index in [2.05, 4.69) is 4.98 Å². The first-order valence-corrected chi connectivity index (χ1v) is 7.37. The lowest BCUT2D eigenvalue weighted by Crippen LogP contribution is -2.34. The van der Waals surface area contributed by atoms with Gasteiger partial charge in [0.2, 0.25) is 0 Å². The molecule has 8 heteroatoms. The summed E-state index contributed by atoms with van der Waals surface area (Å²) in [5, 5.41) is 0.109. The molecule has 1 heterocycles. The van der Waals surface area contributed by atoms with Crippen LogP contribution in [0.15, 0.2) is 32.7 Å². The third-order valence-corrected chi connectivity index (χ3v) is 3.90. The van der Waals surface area contributed by atoms with Gasteiger partial charge in [0.25, 0.3) is 14.6 Å². The number of halogens is 1. The van der Waals surface area contributed by atoms with Gasteiger partial charge in [-0.25, -0.2) is 13.2 Å². The molecular weight excluding hydrogens is 280 g/mol. The highest BCUT2D eigenvalue weighted by molar-refractivity contribution is 8.13. The van der Waals surface area contributed by atoms with Crippen molar-refractivity contribution in [2.24, 2.45) is 0 Å². The fourth-order valence-electron chi connectivity index (χ4n) is 1.67. The van der Waals surface area contributed by atoms with Crippen LogP contribution in [0.25, 0.3) is 10.9 Å². The van der Waals surface area contributed by atoms with E-state index in [1.807, 2.05) is 0 Å². The summed E-state index contributed by atoms with van der Waals surface area (Å²) >= 11 is 0. The molecule has 2 rings (SSSR count). The number of nitrogens with one attached hydrogen (secondary N) is 1. The molecule has 0 amide bonds. The minimum atomic E-state index is -3.91. The van der Waals surface area contributed by atoms with E-state index >= 15 is 0 Å². The van der Waals surface area contributed by atoms with E-state index in [-0.39, 0.29) is 22.3 Å². The zero-order chi connectivity index (χ0) is 13.5. The molecule has 0 aliphatic heterocycles. The average Bonchev–Trinajstić information content (AvgIpc) is 2.27. The lowest BCUT2D eigenvalue weighted by atomic mass is 10.2. The Labute approximate surface area is 106 Å². The summed E-state index contributed by atoms with van der Waals surface area (Å²) in [7, 11) is 1.30. The number of fused-ring (bicyclic) bond motifs is 1. The summed E-state index contributed by atoms with van der Waals surface area (Å²) in [6.45, 7) is 1.84. The SMILES string of the molecule is CCn1c(=O)[nH]c2ccc(S(=O)(=O)Cl)cc2c1=O. The van der Waals surface area contributed by atoms with Crippen molar-refractivity contribution in [3.8, 4) is 0 Å². The fraction of sp³-hybridized carbons (Fsp3) is 0.200. The van der Waals surface area contributed by atoms with E-state index in [9.17, 15) is 18.0 Å². The van der Waals surface area contributed by atoms with Gasteiger partial charge in [0.05, 0.1) is 15.8 Å². The van der Waals surface area contributed by atoms with Crippen LogP contribution >= 0.6 is 10.7 Å². The van der Waals surface area contributed by atoms with Crippen molar-refractivity contribution in [2.75, 3.05) is 0 Å². The van der Waals surface area contributed by atoms with Gasteiger partial charge in [-0.1, -0.05) is 0 Å². The molecule has 0 aliphatic rings. The van der Waals surface area contributed by atoms with Gasteiger partial charge < -0.3 is 4.98 Å². The van der Waals surface area contributed by atoms with Crippen LogP contribution in [0.2, 0.25) is 0 Å². The third kappa shape index (κ3) is 2.06. The van der Waals surface area contributed by atoms with Gasteiger partial charge in [0.15, 0.2) is 0 Å². The van der Waals surface area contributed by atoms with Gasteiger partial charge in [0.1, 0.15) is 0 Å². The maximum absolute atomic E-state index is 12.0. The monoisotopic (exact) mass is 288 g/mol. The number of nitrogens with zero attached hydrogens (tertiary/aromatic N) is 1. The zero-order valence-electron chi connectivity index (χ0n) is 9.31. The molecule has 1 aromatic heterocycles. The van der Waals surface area contributed by atoms with Crippen LogP contribution in [0.1, 0.15) is 6.92 Å². The predicted molar refractivity (Wildman–Crippen MR) is 67.5 cm³/mol. The van der Waals surface area contributed by atoms with Crippen LogP contribution in [0.4, 0.5) is 0 Å².